The summed E-state index contributed by atoms with van der Waals surface area (Å²) in [6.45, 7) is 3.97. The van der Waals surface area contributed by atoms with Crippen LogP contribution >= 0.6 is 0 Å². The summed E-state index contributed by atoms with van der Waals surface area (Å²) in [5.74, 6) is 1.56. The lowest BCUT2D eigenvalue weighted by Gasteiger charge is -2.12. The molecule has 0 atom stereocenters. The van der Waals surface area contributed by atoms with Gasteiger partial charge in [0.25, 0.3) is 0 Å². The molecule has 3 nitrogen and oxygen atoms in total. The molecule has 0 saturated carbocycles. The average Bonchev–Trinajstić information content (AvgIpc) is 2.56. The highest BCUT2D eigenvalue weighted by Gasteiger charge is 2.06. The van der Waals surface area contributed by atoms with E-state index < -0.39 is 0 Å². The van der Waals surface area contributed by atoms with E-state index in [1.165, 1.54) is 0 Å². The van der Waals surface area contributed by atoms with Crippen molar-refractivity contribution < 1.29 is 9.47 Å². The van der Waals surface area contributed by atoms with Crippen molar-refractivity contribution in [2.24, 2.45) is 0 Å². The summed E-state index contributed by atoms with van der Waals surface area (Å²) >= 11 is 0. The van der Waals surface area contributed by atoms with Gasteiger partial charge in [0.1, 0.15) is 6.61 Å². The van der Waals surface area contributed by atoms with Crippen LogP contribution in [0.5, 0.6) is 11.5 Å². The van der Waals surface area contributed by atoms with Gasteiger partial charge < -0.3 is 14.8 Å². The van der Waals surface area contributed by atoms with E-state index in [0.29, 0.717) is 13.2 Å². The highest BCUT2D eigenvalue weighted by Crippen LogP contribution is 2.29. The van der Waals surface area contributed by atoms with Gasteiger partial charge in [-0.05, 0) is 37.2 Å². The van der Waals surface area contributed by atoms with Crippen molar-refractivity contribution in [3.8, 4) is 11.5 Å². The third kappa shape index (κ3) is 4.93. The third-order valence-electron chi connectivity index (χ3n) is 3.14. The molecule has 22 heavy (non-hydrogen) atoms. The number of nitrogens with one attached hydrogen (secondary N) is 1. The minimum atomic E-state index is 0.538. The van der Waals surface area contributed by atoms with E-state index in [1.807, 2.05) is 50.4 Å². The molecular weight excluding hydrogens is 274 g/mol. The minimum absolute atomic E-state index is 0.538. The van der Waals surface area contributed by atoms with Crippen molar-refractivity contribution in [1.29, 1.82) is 0 Å². The average molecular weight is 297 g/mol. The Hall–Kier alpha value is -2.26. The van der Waals surface area contributed by atoms with Gasteiger partial charge in [-0.2, -0.15) is 0 Å². The van der Waals surface area contributed by atoms with Crippen LogP contribution in [0, 0.1) is 0 Å². The van der Waals surface area contributed by atoms with Gasteiger partial charge >= 0.3 is 0 Å². The van der Waals surface area contributed by atoms with Crippen LogP contribution in [-0.4, -0.2) is 20.2 Å². The normalized spacial score (nSPS) is 10.8. The molecule has 0 bridgehead atoms. The molecular formula is C19H23NO2. The summed E-state index contributed by atoms with van der Waals surface area (Å²) in [7, 11) is 1.93. The van der Waals surface area contributed by atoms with E-state index in [1.54, 1.807) is 0 Å². The number of rotatable bonds is 8. The highest BCUT2D eigenvalue weighted by molar-refractivity contribution is 5.56. The fraction of sp³-hybridized carbons (Fsp3) is 0.263. The summed E-state index contributed by atoms with van der Waals surface area (Å²) < 4.78 is 11.6. The summed E-state index contributed by atoms with van der Waals surface area (Å²) in [6, 6.07) is 16.1. The Balaban J connectivity index is 2.09. The monoisotopic (exact) mass is 297 g/mol. The van der Waals surface area contributed by atoms with Crippen LogP contribution < -0.4 is 14.8 Å². The second-order valence-electron chi connectivity index (χ2n) is 4.87. The zero-order valence-corrected chi connectivity index (χ0v) is 13.2. The number of hydrogen-bond acceptors (Lipinski definition) is 3. The molecule has 3 heteroatoms. The molecule has 0 aliphatic carbocycles. The van der Waals surface area contributed by atoms with E-state index in [0.717, 1.165) is 29.2 Å². The van der Waals surface area contributed by atoms with Crippen molar-refractivity contribution in [3.05, 3.63) is 65.7 Å². The van der Waals surface area contributed by atoms with E-state index in [2.05, 4.69) is 29.6 Å². The Kier molecular flexibility index (Phi) is 6.52. The molecule has 1 N–H and O–H groups in total. The number of likely N-dealkylation sites (N-methyl/N-ethyl adjacent to an activating group) is 1. The predicted molar refractivity (Wildman–Crippen MR) is 91.3 cm³/mol. The summed E-state index contributed by atoms with van der Waals surface area (Å²) in [5.41, 5.74) is 2.24. The largest absolute Gasteiger partial charge is 0.490 e. The first-order chi connectivity index (χ1) is 10.8. The molecule has 0 saturated heterocycles. The van der Waals surface area contributed by atoms with Gasteiger partial charge in [-0.1, -0.05) is 48.6 Å². The second kappa shape index (κ2) is 8.90. The van der Waals surface area contributed by atoms with Crippen molar-refractivity contribution in [2.75, 3.05) is 20.2 Å². The molecule has 2 aromatic carbocycles. The molecule has 2 rings (SSSR count). The molecule has 0 aromatic heterocycles. The molecule has 0 amide bonds. The molecule has 2 aromatic rings. The first kappa shape index (κ1) is 16.1. The van der Waals surface area contributed by atoms with Gasteiger partial charge in [0.2, 0.25) is 0 Å². The maximum absolute atomic E-state index is 5.89. The first-order valence-electron chi connectivity index (χ1n) is 7.58. The number of ether oxygens (including phenoxy) is 2. The van der Waals surface area contributed by atoms with Crippen LogP contribution in [0.15, 0.2) is 54.6 Å². The van der Waals surface area contributed by atoms with E-state index in [4.69, 9.17) is 9.47 Å². The Bertz CT molecular complexity index is 594. The molecule has 0 unspecified atom stereocenters. The predicted octanol–water partition coefficient (Wildman–Crippen LogP) is 3.90. The van der Waals surface area contributed by atoms with Gasteiger partial charge in [0.05, 0.1) is 6.61 Å². The van der Waals surface area contributed by atoms with Gasteiger partial charge in [-0.25, -0.2) is 0 Å². The number of hydrogen-bond donors (Lipinski definition) is 1. The zero-order valence-electron chi connectivity index (χ0n) is 13.2. The quantitative estimate of drug-likeness (QED) is 0.801. The Morgan fingerprint density at radius 1 is 1.00 bits per heavy atom. The second-order valence-corrected chi connectivity index (χ2v) is 4.87. The van der Waals surface area contributed by atoms with Gasteiger partial charge in [-0.15, -0.1) is 0 Å². The van der Waals surface area contributed by atoms with E-state index >= 15 is 0 Å². The molecule has 0 fully saturated rings. The zero-order chi connectivity index (χ0) is 15.6. The van der Waals surface area contributed by atoms with E-state index in [-0.39, 0.29) is 0 Å². The van der Waals surface area contributed by atoms with Crippen molar-refractivity contribution in [1.82, 2.24) is 5.32 Å². The Labute approximate surface area is 132 Å². The van der Waals surface area contributed by atoms with Crippen LogP contribution in [0.2, 0.25) is 0 Å². The van der Waals surface area contributed by atoms with Crippen molar-refractivity contribution in [3.63, 3.8) is 0 Å². The smallest absolute Gasteiger partial charge is 0.161 e. The molecule has 0 spiro atoms. The van der Waals surface area contributed by atoms with Crippen LogP contribution in [-0.2, 0) is 6.61 Å². The van der Waals surface area contributed by atoms with Crippen LogP contribution in [0.25, 0.3) is 6.08 Å². The maximum atomic E-state index is 5.89. The summed E-state index contributed by atoms with van der Waals surface area (Å²) in [6.07, 6.45) is 4.15. The van der Waals surface area contributed by atoms with Crippen LogP contribution in [0.3, 0.4) is 0 Å². The summed E-state index contributed by atoms with van der Waals surface area (Å²) in [5, 5.41) is 3.08. The SMILES string of the molecule is CCOc1cc(C=CCNC)ccc1OCc1ccccc1. The van der Waals surface area contributed by atoms with Crippen molar-refractivity contribution in [2.45, 2.75) is 13.5 Å². The van der Waals surface area contributed by atoms with Gasteiger partial charge in [-0.3, -0.25) is 0 Å². The molecule has 0 aliphatic rings. The maximum Gasteiger partial charge on any atom is 0.161 e. The van der Waals surface area contributed by atoms with Crippen LogP contribution in [0.1, 0.15) is 18.1 Å². The fourth-order valence-corrected chi connectivity index (χ4v) is 2.06. The number of benzene rings is 2. The molecule has 0 heterocycles. The minimum Gasteiger partial charge on any atom is -0.490 e. The van der Waals surface area contributed by atoms with Crippen LogP contribution in [0.4, 0.5) is 0 Å². The molecule has 0 aliphatic heterocycles. The summed E-state index contributed by atoms with van der Waals surface area (Å²) in [4.78, 5) is 0. The highest BCUT2D eigenvalue weighted by atomic mass is 16.5. The lowest BCUT2D eigenvalue weighted by molar-refractivity contribution is 0.269. The fourth-order valence-electron chi connectivity index (χ4n) is 2.06. The lowest BCUT2D eigenvalue weighted by atomic mass is 10.2. The van der Waals surface area contributed by atoms with Gasteiger partial charge in [0, 0.05) is 6.54 Å². The topological polar surface area (TPSA) is 30.5 Å². The first-order valence-corrected chi connectivity index (χ1v) is 7.58. The Morgan fingerprint density at radius 2 is 1.82 bits per heavy atom. The van der Waals surface area contributed by atoms with Crippen molar-refractivity contribution >= 4 is 6.08 Å². The molecule has 116 valence electrons. The molecule has 0 radical (unpaired) electrons. The lowest BCUT2D eigenvalue weighted by Crippen LogP contribution is -2.03. The third-order valence-corrected chi connectivity index (χ3v) is 3.14. The van der Waals surface area contributed by atoms with E-state index in [9.17, 15) is 0 Å². The standard InChI is InChI=1S/C19H23NO2/c1-3-21-19-14-16(10-7-13-20-2)11-12-18(19)22-15-17-8-5-4-6-9-17/h4-12,14,20H,3,13,15H2,1-2H3. The Morgan fingerprint density at radius 3 is 2.55 bits per heavy atom. The van der Waals surface area contributed by atoms with Gasteiger partial charge in [0.15, 0.2) is 11.5 Å².